The quantitative estimate of drug-likeness (QED) is 0.561. The van der Waals surface area contributed by atoms with Crippen molar-refractivity contribution in [1.82, 2.24) is 5.16 Å². The Hall–Kier alpha value is -1.58. The molecule has 0 radical (unpaired) electrons. The highest BCUT2D eigenvalue weighted by atomic mass is 16.5. The number of esters is 1. The standard InChI is InChI=1S/C11H15NO3/c1-5-10(14-9(4)13)6-11-7(2)12-15-8(11)3/h5,10H,1,6H2,2-4H3. The van der Waals surface area contributed by atoms with Crippen molar-refractivity contribution in [3.05, 3.63) is 29.7 Å². The van der Waals surface area contributed by atoms with Gasteiger partial charge in [0, 0.05) is 18.9 Å². The van der Waals surface area contributed by atoms with E-state index in [1.54, 1.807) is 6.08 Å². The second-order valence-corrected chi connectivity index (χ2v) is 3.39. The molecule has 1 aromatic heterocycles. The molecule has 82 valence electrons. The minimum absolute atomic E-state index is 0.313. The van der Waals surface area contributed by atoms with E-state index >= 15 is 0 Å². The van der Waals surface area contributed by atoms with Crippen LogP contribution < -0.4 is 0 Å². The summed E-state index contributed by atoms with van der Waals surface area (Å²) >= 11 is 0. The van der Waals surface area contributed by atoms with E-state index in [0.29, 0.717) is 6.42 Å². The molecule has 0 aliphatic rings. The van der Waals surface area contributed by atoms with Crippen LogP contribution in [0.25, 0.3) is 0 Å². The van der Waals surface area contributed by atoms with E-state index in [1.807, 2.05) is 13.8 Å². The van der Waals surface area contributed by atoms with Crippen LogP contribution in [0.15, 0.2) is 17.2 Å². The average Bonchev–Trinajstić information content (AvgIpc) is 2.47. The van der Waals surface area contributed by atoms with Gasteiger partial charge >= 0.3 is 5.97 Å². The summed E-state index contributed by atoms with van der Waals surface area (Å²) in [7, 11) is 0. The molecule has 0 spiro atoms. The van der Waals surface area contributed by atoms with E-state index < -0.39 is 0 Å². The molecule has 1 heterocycles. The summed E-state index contributed by atoms with van der Waals surface area (Å²) in [5.41, 5.74) is 1.80. The highest BCUT2D eigenvalue weighted by Crippen LogP contribution is 2.16. The third-order valence-corrected chi connectivity index (χ3v) is 2.17. The Morgan fingerprint density at radius 3 is 2.73 bits per heavy atom. The fraction of sp³-hybridized carbons (Fsp3) is 0.455. The van der Waals surface area contributed by atoms with Crippen molar-refractivity contribution in [2.45, 2.75) is 33.3 Å². The van der Waals surface area contributed by atoms with Gasteiger partial charge in [-0.15, -0.1) is 0 Å². The lowest BCUT2D eigenvalue weighted by Crippen LogP contribution is -2.16. The van der Waals surface area contributed by atoms with Crippen LogP contribution in [-0.2, 0) is 16.0 Å². The summed E-state index contributed by atoms with van der Waals surface area (Å²) in [5, 5.41) is 3.83. The topological polar surface area (TPSA) is 52.3 Å². The fourth-order valence-electron chi connectivity index (χ4n) is 1.38. The molecule has 1 rings (SSSR count). The molecule has 0 saturated heterocycles. The molecule has 0 N–H and O–H groups in total. The Kier molecular flexibility index (Phi) is 3.66. The van der Waals surface area contributed by atoms with Crippen LogP contribution in [0.4, 0.5) is 0 Å². The van der Waals surface area contributed by atoms with Gasteiger partial charge < -0.3 is 9.26 Å². The number of ether oxygens (including phenoxy) is 1. The second-order valence-electron chi connectivity index (χ2n) is 3.39. The first-order valence-corrected chi connectivity index (χ1v) is 4.76. The van der Waals surface area contributed by atoms with Gasteiger partial charge in [-0.2, -0.15) is 0 Å². The molecule has 1 atom stereocenters. The third-order valence-electron chi connectivity index (χ3n) is 2.17. The van der Waals surface area contributed by atoms with Crippen LogP contribution in [0.5, 0.6) is 0 Å². The smallest absolute Gasteiger partial charge is 0.303 e. The summed E-state index contributed by atoms with van der Waals surface area (Å²) in [6.07, 6.45) is 1.84. The first-order chi connectivity index (χ1) is 7.04. The molecule has 4 heteroatoms. The molecule has 0 aliphatic heterocycles. The molecule has 0 saturated carbocycles. The van der Waals surface area contributed by atoms with Gasteiger partial charge in [0.05, 0.1) is 5.69 Å². The number of rotatable bonds is 4. The number of aryl methyl sites for hydroxylation is 2. The Morgan fingerprint density at radius 1 is 1.67 bits per heavy atom. The van der Waals surface area contributed by atoms with Gasteiger partial charge in [0.2, 0.25) is 0 Å². The number of carbonyl (C=O) groups excluding carboxylic acids is 1. The predicted octanol–water partition coefficient (Wildman–Crippen LogP) is 1.95. The van der Waals surface area contributed by atoms with Crippen molar-refractivity contribution < 1.29 is 14.1 Å². The van der Waals surface area contributed by atoms with Crippen LogP contribution in [-0.4, -0.2) is 17.2 Å². The summed E-state index contributed by atoms with van der Waals surface area (Å²) in [5.74, 6) is 0.443. The van der Waals surface area contributed by atoms with Crippen molar-refractivity contribution in [1.29, 1.82) is 0 Å². The highest BCUT2D eigenvalue weighted by molar-refractivity contribution is 5.66. The van der Waals surface area contributed by atoms with E-state index in [1.165, 1.54) is 6.92 Å². The van der Waals surface area contributed by atoms with E-state index in [0.717, 1.165) is 17.0 Å². The van der Waals surface area contributed by atoms with Gasteiger partial charge in [-0.1, -0.05) is 17.8 Å². The lowest BCUT2D eigenvalue weighted by molar-refractivity contribution is -0.144. The van der Waals surface area contributed by atoms with Crippen LogP contribution in [0.2, 0.25) is 0 Å². The van der Waals surface area contributed by atoms with Gasteiger partial charge in [0.1, 0.15) is 11.9 Å². The molecule has 0 fully saturated rings. The van der Waals surface area contributed by atoms with Crippen LogP contribution in [0.3, 0.4) is 0 Å². The van der Waals surface area contributed by atoms with Crippen molar-refractivity contribution >= 4 is 5.97 Å². The van der Waals surface area contributed by atoms with Crippen LogP contribution in [0.1, 0.15) is 23.9 Å². The van der Waals surface area contributed by atoms with Crippen molar-refractivity contribution in [2.24, 2.45) is 0 Å². The molecule has 0 aliphatic carbocycles. The Labute approximate surface area is 88.9 Å². The minimum Gasteiger partial charge on any atom is -0.458 e. The van der Waals surface area contributed by atoms with Gasteiger partial charge in [-0.05, 0) is 13.8 Å². The average molecular weight is 209 g/mol. The first-order valence-electron chi connectivity index (χ1n) is 4.76. The Morgan fingerprint density at radius 2 is 2.33 bits per heavy atom. The summed E-state index contributed by atoms with van der Waals surface area (Å²) in [6.45, 7) is 8.70. The van der Waals surface area contributed by atoms with E-state index in [2.05, 4.69) is 11.7 Å². The molecule has 4 nitrogen and oxygen atoms in total. The normalized spacial score (nSPS) is 12.2. The van der Waals surface area contributed by atoms with E-state index in [4.69, 9.17) is 9.26 Å². The summed E-state index contributed by atoms with van der Waals surface area (Å²) in [6, 6.07) is 0. The molecule has 1 aromatic rings. The Balaban J connectivity index is 2.74. The maximum atomic E-state index is 10.8. The minimum atomic E-state index is -0.320. The summed E-state index contributed by atoms with van der Waals surface area (Å²) < 4.78 is 10.1. The SMILES string of the molecule is C=CC(Cc1c(C)noc1C)OC(C)=O. The molecule has 0 bridgehead atoms. The zero-order chi connectivity index (χ0) is 11.4. The number of aromatic nitrogens is 1. The predicted molar refractivity (Wildman–Crippen MR) is 55.4 cm³/mol. The second kappa shape index (κ2) is 4.77. The number of hydrogen-bond acceptors (Lipinski definition) is 4. The lowest BCUT2D eigenvalue weighted by atomic mass is 10.1. The maximum absolute atomic E-state index is 10.8. The molecule has 0 aromatic carbocycles. The van der Waals surface area contributed by atoms with Gasteiger partial charge in [-0.3, -0.25) is 4.79 Å². The van der Waals surface area contributed by atoms with Crippen molar-refractivity contribution in [2.75, 3.05) is 0 Å². The van der Waals surface area contributed by atoms with Gasteiger partial charge in [0.25, 0.3) is 0 Å². The molecular formula is C11H15NO3. The molecular weight excluding hydrogens is 194 g/mol. The van der Waals surface area contributed by atoms with Crippen molar-refractivity contribution in [3.63, 3.8) is 0 Å². The van der Waals surface area contributed by atoms with Crippen LogP contribution in [0, 0.1) is 13.8 Å². The Bertz CT molecular complexity index is 348. The zero-order valence-corrected chi connectivity index (χ0v) is 9.24. The number of hydrogen-bond donors (Lipinski definition) is 0. The van der Waals surface area contributed by atoms with Crippen LogP contribution >= 0.6 is 0 Å². The zero-order valence-electron chi connectivity index (χ0n) is 9.24. The van der Waals surface area contributed by atoms with E-state index in [-0.39, 0.29) is 12.1 Å². The van der Waals surface area contributed by atoms with Crippen molar-refractivity contribution in [3.8, 4) is 0 Å². The largest absolute Gasteiger partial charge is 0.458 e. The first kappa shape index (κ1) is 11.5. The molecule has 1 unspecified atom stereocenters. The highest BCUT2D eigenvalue weighted by Gasteiger charge is 2.15. The van der Waals surface area contributed by atoms with Gasteiger partial charge in [0.15, 0.2) is 0 Å². The monoisotopic (exact) mass is 209 g/mol. The maximum Gasteiger partial charge on any atom is 0.303 e. The molecule has 15 heavy (non-hydrogen) atoms. The third kappa shape index (κ3) is 2.94. The van der Waals surface area contributed by atoms with Gasteiger partial charge in [-0.25, -0.2) is 0 Å². The summed E-state index contributed by atoms with van der Waals surface area (Å²) in [4.78, 5) is 10.8. The number of nitrogens with zero attached hydrogens (tertiary/aromatic N) is 1. The van der Waals surface area contributed by atoms with E-state index in [9.17, 15) is 4.79 Å². The molecule has 0 amide bonds. The number of carbonyl (C=O) groups is 1. The fourth-order valence-corrected chi connectivity index (χ4v) is 1.38. The lowest BCUT2D eigenvalue weighted by Gasteiger charge is -2.11.